The second kappa shape index (κ2) is 4.94. The van der Waals surface area contributed by atoms with Gasteiger partial charge >= 0.3 is 0 Å². The van der Waals surface area contributed by atoms with E-state index in [-0.39, 0.29) is 5.91 Å². The molecule has 1 unspecified atom stereocenters. The van der Waals surface area contributed by atoms with Crippen molar-refractivity contribution in [2.24, 2.45) is 0 Å². The van der Waals surface area contributed by atoms with Gasteiger partial charge in [0.15, 0.2) is 0 Å². The minimum atomic E-state index is 0.172. The van der Waals surface area contributed by atoms with Crippen molar-refractivity contribution in [1.29, 1.82) is 0 Å². The molecular weight excluding hydrogens is 284 g/mol. The van der Waals surface area contributed by atoms with E-state index in [1.807, 2.05) is 29.6 Å². The second-order valence-corrected chi connectivity index (χ2v) is 6.91. The van der Waals surface area contributed by atoms with Crippen LogP contribution in [-0.4, -0.2) is 38.7 Å². The van der Waals surface area contributed by atoms with E-state index in [1.54, 1.807) is 0 Å². The van der Waals surface area contributed by atoms with E-state index in [1.165, 1.54) is 24.2 Å². The summed E-state index contributed by atoms with van der Waals surface area (Å²) < 4.78 is 2.20. The highest BCUT2D eigenvalue weighted by atomic mass is 32.1. The lowest BCUT2D eigenvalue weighted by Crippen LogP contribution is -2.29. The van der Waals surface area contributed by atoms with Crippen LogP contribution < -0.4 is 0 Å². The zero-order valence-corrected chi connectivity index (χ0v) is 12.8. The van der Waals surface area contributed by atoms with E-state index in [4.69, 9.17) is 0 Å². The first kappa shape index (κ1) is 13.0. The third kappa shape index (κ3) is 2.27. The number of nitrogens with zero attached hydrogens (tertiary/aromatic N) is 4. The maximum Gasteiger partial charge on any atom is 0.264 e. The molecule has 3 heterocycles. The lowest BCUT2D eigenvalue weighted by molar-refractivity contribution is 0.0791. The molecule has 4 rings (SSSR count). The number of likely N-dealkylation sites (tertiary alicyclic amines) is 1. The number of rotatable bonds is 3. The third-order valence-corrected chi connectivity index (χ3v) is 5.45. The van der Waals surface area contributed by atoms with Gasteiger partial charge in [-0.05, 0) is 43.2 Å². The number of amides is 1. The molecule has 0 aromatic carbocycles. The van der Waals surface area contributed by atoms with Gasteiger partial charge in [0.05, 0.1) is 10.9 Å². The molecule has 2 aromatic heterocycles. The summed E-state index contributed by atoms with van der Waals surface area (Å²) in [5.41, 5.74) is 1.08. The van der Waals surface area contributed by atoms with E-state index in [0.717, 1.165) is 35.8 Å². The van der Waals surface area contributed by atoms with E-state index < -0.39 is 0 Å². The minimum Gasteiger partial charge on any atom is -0.336 e. The molecule has 0 spiro atoms. The van der Waals surface area contributed by atoms with Crippen LogP contribution >= 0.6 is 11.3 Å². The summed E-state index contributed by atoms with van der Waals surface area (Å²) >= 11 is 1.54. The molecule has 1 atom stereocenters. The number of carbonyl (C=O) groups is 1. The molecule has 6 heteroatoms. The van der Waals surface area contributed by atoms with Gasteiger partial charge in [-0.15, -0.1) is 21.5 Å². The van der Waals surface area contributed by atoms with Gasteiger partial charge in [-0.3, -0.25) is 4.79 Å². The summed E-state index contributed by atoms with van der Waals surface area (Å²) in [6.07, 6.45) is 5.28. The summed E-state index contributed by atoms with van der Waals surface area (Å²) in [7, 11) is 0. The van der Waals surface area contributed by atoms with E-state index in [0.29, 0.717) is 12.0 Å². The van der Waals surface area contributed by atoms with E-state index in [9.17, 15) is 4.79 Å². The fraction of sp³-hybridized carbons (Fsp3) is 0.533. The van der Waals surface area contributed by atoms with Crippen molar-refractivity contribution in [1.82, 2.24) is 19.7 Å². The monoisotopic (exact) mass is 302 g/mol. The van der Waals surface area contributed by atoms with Crippen LogP contribution in [0, 0.1) is 6.92 Å². The van der Waals surface area contributed by atoms with E-state index >= 15 is 0 Å². The Labute approximate surface area is 127 Å². The van der Waals surface area contributed by atoms with Crippen molar-refractivity contribution in [2.75, 3.05) is 13.1 Å². The lowest BCUT2D eigenvalue weighted by Gasteiger charge is -2.17. The van der Waals surface area contributed by atoms with Crippen LogP contribution in [0.25, 0.3) is 0 Å². The molecule has 1 saturated heterocycles. The van der Waals surface area contributed by atoms with Gasteiger partial charge in [0.1, 0.15) is 12.2 Å². The molecule has 5 nitrogen and oxygen atoms in total. The molecule has 2 aliphatic rings. The Hall–Kier alpha value is -1.69. The fourth-order valence-corrected chi connectivity index (χ4v) is 3.95. The highest BCUT2D eigenvalue weighted by molar-refractivity contribution is 7.12. The predicted molar refractivity (Wildman–Crippen MR) is 80.6 cm³/mol. The largest absolute Gasteiger partial charge is 0.336 e. The lowest BCUT2D eigenvalue weighted by atomic mass is 10.2. The molecule has 2 aromatic rings. The molecule has 1 aliphatic heterocycles. The molecule has 1 saturated carbocycles. The molecule has 2 fully saturated rings. The molecule has 0 radical (unpaired) electrons. The van der Waals surface area contributed by atoms with Crippen molar-refractivity contribution >= 4 is 17.2 Å². The summed E-state index contributed by atoms with van der Waals surface area (Å²) in [5.74, 6) is 1.88. The Bertz CT molecular complexity index is 673. The van der Waals surface area contributed by atoms with Crippen LogP contribution in [0.15, 0.2) is 17.8 Å². The maximum atomic E-state index is 12.6. The summed E-state index contributed by atoms with van der Waals surface area (Å²) in [5, 5.41) is 10.3. The van der Waals surface area contributed by atoms with Crippen LogP contribution in [0.1, 0.15) is 52.3 Å². The standard InChI is InChI=1S/C15H18N4OS/c1-10-5-7-21-13(10)15(20)18-6-4-12(8-18)19-9-16-17-14(19)11-2-3-11/h5,7,9,11-12H,2-4,6,8H2,1H3. The fourth-order valence-electron chi connectivity index (χ4n) is 3.06. The average Bonchev–Trinajstić information content (AvgIpc) is 2.94. The van der Waals surface area contributed by atoms with Crippen LogP contribution in [0.2, 0.25) is 0 Å². The molecule has 0 bridgehead atoms. The zero-order valence-electron chi connectivity index (χ0n) is 12.0. The van der Waals surface area contributed by atoms with Gasteiger partial charge in [-0.1, -0.05) is 0 Å². The molecule has 1 amide bonds. The number of aryl methyl sites for hydroxylation is 1. The zero-order chi connectivity index (χ0) is 14.4. The predicted octanol–water partition coefficient (Wildman–Crippen LogP) is 2.61. The highest BCUT2D eigenvalue weighted by Crippen LogP contribution is 2.40. The Morgan fingerprint density at radius 1 is 1.38 bits per heavy atom. The molecular formula is C15H18N4OS. The number of aromatic nitrogens is 3. The average molecular weight is 302 g/mol. The first-order chi connectivity index (χ1) is 10.2. The number of carbonyl (C=O) groups excluding carboxylic acids is 1. The summed E-state index contributed by atoms with van der Waals surface area (Å²) in [4.78, 5) is 15.4. The number of hydrogen-bond donors (Lipinski definition) is 0. The second-order valence-electron chi connectivity index (χ2n) is 6.00. The first-order valence-electron chi connectivity index (χ1n) is 7.47. The van der Waals surface area contributed by atoms with Crippen molar-refractivity contribution in [3.05, 3.63) is 34.0 Å². The smallest absolute Gasteiger partial charge is 0.264 e. The van der Waals surface area contributed by atoms with Crippen molar-refractivity contribution in [2.45, 2.75) is 38.1 Å². The Balaban J connectivity index is 1.51. The van der Waals surface area contributed by atoms with Gasteiger partial charge in [0.25, 0.3) is 5.91 Å². The van der Waals surface area contributed by atoms with Gasteiger partial charge < -0.3 is 9.47 Å². The van der Waals surface area contributed by atoms with Crippen LogP contribution in [-0.2, 0) is 0 Å². The van der Waals surface area contributed by atoms with Gasteiger partial charge in [-0.25, -0.2) is 0 Å². The quantitative estimate of drug-likeness (QED) is 0.875. The topological polar surface area (TPSA) is 51.0 Å². The summed E-state index contributed by atoms with van der Waals surface area (Å²) in [6.45, 7) is 3.60. The minimum absolute atomic E-state index is 0.172. The SMILES string of the molecule is Cc1ccsc1C(=O)N1CCC(n2cnnc2C2CC2)C1. The van der Waals surface area contributed by atoms with Crippen LogP contribution in [0.5, 0.6) is 0 Å². The highest BCUT2D eigenvalue weighted by Gasteiger charge is 2.34. The van der Waals surface area contributed by atoms with Crippen molar-refractivity contribution in [3.63, 3.8) is 0 Å². The van der Waals surface area contributed by atoms with Crippen LogP contribution in [0.3, 0.4) is 0 Å². The van der Waals surface area contributed by atoms with Crippen LogP contribution in [0.4, 0.5) is 0 Å². The maximum absolute atomic E-state index is 12.6. The van der Waals surface area contributed by atoms with E-state index in [2.05, 4.69) is 14.8 Å². The Morgan fingerprint density at radius 3 is 2.95 bits per heavy atom. The van der Waals surface area contributed by atoms with Gasteiger partial charge in [0.2, 0.25) is 0 Å². The molecule has 21 heavy (non-hydrogen) atoms. The Kier molecular flexibility index (Phi) is 3.06. The third-order valence-electron chi connectivity index (χ3n) is 4.44. The number of thiophene rings is 1. The van der Waals surface area contributed by atoms with Gasteiger partial charge in [-0.2, -0.15) is 0 Å². The normalized spacial score (nSPS) is 22.0. The van der Waals surface area contributed by atoms with Crippen molar-refractivity contribution in [3.8, 4) is 0 Å². The molecule has 0 N–H and O–H groups in total. The molecule has 1 aliphatic carbocycles. The number of hydrogen-bond acceptors (Lipinski definition) is 4. The summed E-state index contributed by atoms with van der Waals surface area (Å²) in [6, 6.07) is 2.34. The Morgan fingerprint density at radius 2 is 2.24 bits per heavy atom. The first-order valence-corrected chi connectivity index (χ1v) is 8.35. The van der Waals surface area contributed by atoms with Gasteiger partial charge in [0, 0.05) is 19.0 Å². The van der Waals surface area contributed by atoms with Crippen molar-refractivity contribution < 1.29 is 4.79 Å². The molecule has 110 valence electrons.